The molecule has 5 heteroatoms. The molecule has 0 amide bonds. The molecule has 1 heterocycles. The molecule has 5 nitrogen and oxygen atoms in total. The number of ether oxygens (including phenoxy) is 1. The summed E-state index contributed by atoms with van der Waals surface area (Å²) in [7, 11) is 0. The number of rotatable bonds is 6. The number of pyridine rings is 1. The molecule has 1 unspecified atom stereocenters. The molecule has 0 aliphatic rings. The first-order valence-electron chi connectivity index (χ1n) is 5.15. The third kappa shape index (κ3) is 3.51. The van der Waals surface area contributed by atoms with Gasteiger partial charge in [-0.3, -0.25) is 4.79 Å². The molecule has 0 aromatic carbocycles. The largest absolute Gasteiger partial charge is 0.479 e. The highest BCUT2D eigenvalue weighted by Gasteiger charge is 2.16. The van der Waals surface area contributed by atoms with Crippen molar-refractivity contribution in [3.8, 4) is 0 Å². The maximum absolute atomic E-state index is 11.3. The maximum Gasteiger partial charge on any atom is 0.332 e. The van der Waals surface area contributed by atoms with Crippen LogP contribution in [0.1, 0.15) is 13.3 Å². The smallest absolute Gasteiger partial charge is 0.332 e. The molecule has 1 rings (SSSR count). The van der Waals surface area contributed by atoms with Crippen LogP contribution >= 0.6 is 0 Å². The molecule has 0 bridgehead atoms. The number of carbonyl (C=O) groups is 1. The van der Waals surface area contributed by atoms with E-state index in [1.54, 1.807) is 25.3 Å². The Morgan fingerprint density at radius 1 is 1.56 bits per heavy atom. The van der Waals surface area contributed by atoms with Crippen LogP contribution in [0, 0.1) is 0 Å². The van der Waals surface area contributed by atoms with Gasteiger partial charge in [0.25, 0.3) is 0 Å². The van der Waals surface area contributed by atoms with Crippen LogP contribution in [0.3, 0.4) is 0 Å². The zero-order chi connectivity index (χ0) is 12.0. The third-order valence-electron chi connectivity index (χ3n) is 2.17. The summed E-state index contributed by atoms with van der Waals surface area (Å²) in [4.78, 5) is 22.1. The highest BCUT2D eigenvalue weighted by molar-refractivity contribution is 5.72. The number of nitrogens with zero attached hydrogens (tertiary/aromatic N) is 1. The van der Waals surface area contributed by atoms with E-state index < -0.39 is 12.1 Å². The van der Waals surface area contributed by atoms with Crippen LogP contribution in [0.4, 0.5) is 0 Å². The quantitative estimate of drug-likeness (QED) is 0.774. The van der Waals surface area contributed by atoms with Crippen molar-refractivity contribution >= 4 is 5.97 Å². The molecule has 0 aliphatic carbocycles. The van der Waals surface area contributed by atoms with Gasteiger partial charge in [-0.25, -0.2) is 4.79 Å². The first-order chi connectivity index (χ1) is 7.65. The Hall–Kier alpha value is -1.62. The van der Waals surface area contributed by atoms with Crippen molar-refractivity contribution in [1.29, 1.82) is 0 Å². The molecular formula is C11H15NO4. The van der Waals surface area contributed by atoms with Crippen LogP contribution < -0.4 is 5.56 Å². The number of aliphatic carboxylic acids is 1. The lowest BCUT2D eigenvalue weighted by molar-refractivity contribution is -0.150. The fraction of sp³-hybridized carbons (Fsp3) is 0.455. The summed E-state index contributed by atoms with van der Waals surface area (Å²) in [6.45, 7) is 2.43. The molecule has 16 heavy (non-hydrogen) atoms. The zero-order valence-electron chi connectivity index (χ0n) is 9.13. The summed E-state index contributed by atoms with van der Waals surface area (Å²) >= 11 is 0. The van der Waals surface area contributed by atoms with Gasteiger partial charge in [-0.2, -0.15) is 0 Å². The van der Waals surface area contributed by atoms with Crippen molar-refractivity contribution in [1.82, 2.24) is 4.57 Å². The topological polar surface area (TPSA) is 68.5 Å². The Bertz CT molecular complexity index is 399. The van der Waals surface area contributed by atoms with E-state index in [0.717, 1.165) is 0 Å². The molecule has 1 aromatic heterocycles. The van der Waals surface area contributed by atoms with Gasteiger partial charge in [0.05, 0.1) is 0 Å². The van der Waals surface area contributed by atoms with Gasteiger partial charge in [0.2, 0.25) is 5.56 Å². The molecule has 0 fully saturated rings. The molecule has 1 atom stereocenters. The molecule has 0 spiro atoms. The van der Waals surface area contributed by atoms with Crippen molar-refractivity contribution < 1.29 is 14.6 Å². The molecule has 88 valence electrons. The average molecular weight is 225 g/mol. The Labute approximate surface area is 93.3 Å². The number of carboxylic acids is 1. The Morgan fingerprint density at radius 3 is 2.88 bits per heavy atom. The van der Waals surface area contributed by atoms with Crippen LogP contribution in [0.15, 0.2) is 29.2 Å². The Kier molecular flexibility index (Phi) is 4.72. The van der Waals surface area contributed by atoms with E-state index in [9.17, 15) is 9.59 Å². The first kappa shape index (κ1) is 12.4. The highest BCUT2D eigenvalue weighted by Crippen LogP contribution is 2.01. The molecule has 1 N–H and O–H groups in total. The van der Waals surface area contributed by atoms with E-state index in [-0.39, 0.29) is 12.0 Å². The molecule has 0 radical (unpaired) electrons. The first-order valence-corrected chi connectivity index (χ1v) is 5.15. The number of aryl methyl sites for hydroxylation is 1. The van der Waals surface area contributed by atoms with Crippen molar-refractivity contribution in [3.05, 3.63) is 34.7 Å². The SMILES string of the molecule is CCOC(CCn1ccccc1=O)C(=O)O. The van der Waals surface area contributed by atoms with Crippen LogP contribution in [0.25, 0.3) is 0 Å². The second kappa shape index (κ2) is 6.07. The van der Waals surface area contributed by atoms with Gasteiger partial charge >= 0.3 is 5.97 Å². The van der Waals surface area contributed by atoms with Gasteiger partial charge in [-0.05, 0) is 13.0 Å². The summed E-state index contributed by atoms with van der Waals surface area (Å²) in [6.07, 6.45) is 1.07. The van der Waals surface area contributed by atoms with Crippen molar-refractivity contribution in [3.63, 3.8) is 0 Å². The number of hydrogen-bond donors (Lipinski definition) is 1. The third-order valence-corrected chi connectivity index (χ3v) is 2.17. The fourth-order valence-corrected chi connectivity index (χ4v) is 1.38. The van der Waals surface area contributed by atoms with Crippen molar-refractivity contribution in [2.24, 2.45) is 0 Å². The molecular weight excluding hydrogens is 210 g/mol. The molecule has 0 saturated heterocycles. The van der Waals surface area contributed by atoms with Crippen LogP contribution in [-0.2, 0) is 16.1 Å². The standard InChI is InChI=1S/C11H15NO4/c1-2-16-9(11(14)15)6-8-12-7-4-3-5-10(12)13/h3-5,7,9H,2,6,8H2,1H3,(H,14,15). The summed E-state index contributed by atoms with van der Waals surface area (Å²) in [6, 6.07) is 4.82. The highest BCUT2D eigenvalue weighted by atomic mass is 16.5. The number of hydrogen-bond acceptors (Lipinski definition) is 3. The molecule has 1 aromatic rings. The zero-order valence-corrected chi connectivity index (χ0v) is 9.13. The van der Waals surface area contributed by atoms with E-state index >= 15 is 0 Å². The lowest BCUT2D eigenvalue weighted by atomic mass is 10.2. The number of aromatic nitrogens is 1. The van der Waals surface area contributed by atoms with Gasteiger partial charge in [0.15, 0.2) is 6.10 Å². The van der Waals surface area contributed by atoms with Gasteiger partial charge < -0.3 is 14.4 Å². The number of carboxylic acid groups (broad SMARTS) is 1. The fourth-order valence-electron chi connectivity index (χ4n) is 1.38. The minimum Gasteiger partial charge on any atom is -0.479 e. The predicted molar refractivity (Wildman–Crippen MR) is 58.4 cm³/mol. The van der Waals surface area contributed by atoms with E-state index in [4.69, 9.17) is 9.84 Å². The molecule has 0 aliphatic heterocycles. The summed E-state index contributed by atoms with van der Waals surface area (Å²) in [5, 5.41) is 8.84. The average Bonchev–Trinajstić information content (AvgIpc) is 2.26. The maximum atomic E-state index is 11.3. The molecule has 0 saturated carbocycles. The second-order valence-corrected chi connectivity index (χ2v) is 3.30. The van der Waals surface area contributed by atoms with E-state index in [1.165, 1.54) is 10.6 Å². The van der Waals surface area contributed by atoms with Crippen LogP contribution in [-0.4, -0.2) is 28.4 Å². The monoisotopic (exact) mass is 225 g/mol. The Morgan fingerprint density at radius 2 is 2.31 bits per heavy atom. The summed E-state index contributed by atoms with van der Waals surface area (Å²) in [5.41, 5.74) is -0.136. The van der Waals surface area contributed by atoms with E-state index in [2.05, 4.69) is 0 Å². The lowest BCUT2D eigenvalue weighted by Gasteiger charge is -2.12. The van der Waals surface area contributed by atoms with Crippen LogP contribution in [0.2, 0.25) is 0 Å². The van der Waals surface area contributed by atoms with Gasteiger partial charge in [-0.15, -0.1) is 0 Å². The van der Waals surface area contributed by atoms with Crippen molar-refractivity contribution in [2.45, 2.75) is 26.0 Å². The predicted octanol–water partition coefficient (Wildman–Crippen LogP) is 0.728. The minimum absolute atomic E-state index is 0.136. The lowest BCUT2D eigenvalue weighted by Crippen LogP contribution is -2.28. The Balaban J connectivity index is 2.59. The summed E-state index contributed by atoms with van der Waals surface area (Å²) in [5.74, 6) is -0.995. The van der Waals surface area contributed by atoms with E-state index in [0.29, 0.717) is 13.2 Å². The van der Waals surface area contributed by atoms with Gasteiger partial charge in [-0.1, -0.05) is 6.07 Å². The van der Waals surface area contributed by atoms with Crippen LogP contribution in [0.5, 0.6) is 0 Å². The minimum atomic E-state index is -0.995. The second-order valence-electron chi connectivity index (χ2n) is 3.30. The summed E-state index contributed by atoms with van der Waals surface area (Å²) < 4.78 is 6.52. The van der Waals surface area contributed by atoms with Crippen molar-refractivity contribution in [2.75, 3.05) is 6.61 Å². The van der Waals surface area contributed by atoms with Gasteiger partial charge in [0, 0.05) is 31.8 Å². The van der Waals surface area contributed by atoms with E-state index in [1.807, 2.05) is 0 Å². The normalized spacial score (nSPS) is 12.3. The van der Waals surface area contributed by atoms with Gasteiger partial charge in [0.1, 0.15) is 0 Å².